The Hall–Kier alpha value is -2.25. The number of anilines is 1. The molecule has 1 heterocycles. The second-order valence-electron chi connectivity index (χ2n) is 4.66. The maximum atomic E-state index is 12.8. The van der Waals surface area contributed by atoms with Crippen LogP contribution in [0.5, 0.6) is 0 Å². The molecule has 1 aliphatic heterocycles. The summed E-state index contributed by atoms with van der Waals surface area (Å²) in [6.45, 7) is 0.855. The highest BCUT2D eigenvalue weighted by atomic mass is 19.4. The van der Waals surface area contributed by atoms with Crippen LogP contribution in [0.3, 0.4) is 0 Å². The molecule has 0 atom stereocenters. The lowest BCUT2D eigenvalue weighted by Gasteiger charge is -2.25. The van der Waals surface area contributed by atoms with E-state index < -0.39 is 17.8 Å². The van der Waals surface area contributed by atoms with Gasteiger partial charge in [0.1, 0.15) is 0 Å². The van der Waals surface area contributed by atoms with Gasteiger partial charge in [0.15, 0.2) is 0 Å². The van der Waals surface area contributed by atoms with Crippen molar-refractivity contribution in [2.24, 2.45) is 10.8 Å². The van der Waals surface area contributed by atoms with Crippen LogP contribution in [-0.2, 0) is 6.18 Å². The first-order chi connectivity index (χ1) is 9.88. The molecule has 0 radical (unpaired) electrons. The highest BCUT2D eigenvalue weighted by Gasteiger charge is 2.33. The molecule has 21 heavy (non-hydrogen) atoms. The third-order valence-corrected chi connectivity index (χ3v) is 3.22. The average Bonchev–Trinajstić information content (AvgIpc) is 2.45. The highest BCUT2D eigenvalue weighted by Crippen LogP contribution is 2.34. The number of nitrogens with one attached hydrogen (secondary N) is 1. The van der Waals surface area contributed by atoms with Gasteiger partial charge in [0.2, 0.25) is 0 Å². The zero-order valence-corrected chi connectivity index (χ0v) is 11.2. The molecule has 0 aromatic heterocycles. The van der Waals surface area contributed by atoms with E-state index in [1.54, 1.807) is 0 Å². The van der Waals surface area contributed by atoms with Crippen molar-refractivity contribution in [3.63, 3.8) is 0 Å². The lowest BCUT2D eigenvalue weighted by Crippen LogP contribution is -2.41. The number of carbonyl (C=O) groups excluding carboxylic acids is 1. The lowest BCUT2D eigenvalue weighted by atomic mass is 10.1. The number of amides is 2. The summed E-state index contributed by atoms with van der Waals surface area (Å²) in [5, 5.41) is 4.01. The van der Waals surface area contributed by atoms with Crippen molar-refractivity contribution in [3.05, 3.63) is 29.8 Å². The number of urea groups is 1. The zero-order chi connectivity index (χ0) is 15.5. The van der Waals surface area contributed by atoms with Crippen LogP contribution in [-0.4, -0.2) is 29.7 Å². The number of nitrogens with zero attached hydrogens (tertiary/aromatic N) is 2. The highest BCUT2D eigenvalue weighted by molar-refractivity contribution is 5.87. The molecule has 8 heteroatoms. The summed E-state index contributed by atoms with van der Waals surface area (Å²) < 4.78 is 38.4. The molecule has 1 saturated heterocycles. The first kappa shape index (κ1) is 15.1. The number of nitrogens with two attached hydrogens (primary N) is 1. The molecule has 2 rings (SSSR count). The monoisotopic (exact) mass is 300 g/mol. The van der Waals surface area contributed by atoms with Crippen molar-refractivity contribution in [2.45, 2.75) is 19.0 Å². The van der Waals surface area contributed by atoms with Crippen LogP contribution in [0.1, 0.15) is 18.4 Å². The van der Waals surface area contributed by atoms with Crippen molar-refractivity contribution in [2.75, 3.05) is 18.5 Å². The molecule has 1 aromatic rings. The van der Waals surface area contributed by atoms with Crippen LogP contribution in [0.25, 0.3) is 0 Å². The second kappa shape index (κ2) is 6.02. The predicted octanol–water partition coefficient (Wildman–Crippen LogP) is 2.65. The molecule has 5 nitrogen and oxygen atoms in total. The summed E-state index contributed by atoms with van der Waals surface area (Å²) in [7, 11) is 0. The van der Waals surface area contributed by atoms with Crippen LogP contribution >= 0.6 is 0 Å². The van der Waals surface area contributed by atoms with Crippen molar-refractivity contribution in [1.29, 1.82) is 0 Å². The van der Waals surface area contributed by atoms with E-state index >= 15 is 0 Å². The van der Waals surface area contributed by atoms with Gasteiger partial charge in [-0.05, 0) is 12.1 Å². The molecule has 0 spiro atoms. The standard InChI is InChI=1S/C13H15F3N4O/c14-13(15,16)10-3-1-2-4-11(10)19-18-9-5-7-20(8-6-9)12(17)21/h1-4,19H,5-8H2,(H2,17,21). The summed E-state index contributed by atoms with van der Waals surface area (Å²) in [6.07, 6.45) is -3.45. The Morgan fingerprint density at radius 3 is 2.43 bits per heavy atom. The van der Waals surface area contributed by atoms with Gasteiger partial charge in [-0.15, -0.1) is 0 Å². The van der Waals surface area contributed by atoms with Gasteiger partial charge in [0, 0.05) is 31.6 Å². The molecular formula is C13H15F3N4O. The quantitative estimate of drug-likeness (QED) is 0.824. The number of halogens is 3. The van der Waals surface area contributed by atoms with Crippen LogP contribution in [0.15, 0.2) is 29.4 Å². The van der Waals surface area contributed by atoms with E-state index in [1.807, 2.05) is 0 Å². The summed E-state index contributed by atoms with van der Waals surface area (Å²) in [4.78, 5) is 12.4. The minimum absolute atomic E-state index is 0.0881. The van der Waals surface area contributed by atoms with E-state index in [1.165, 1.54) is 23.1 Å². The maximum Gasteiger partial charge on any atom is 0.418 e. The van der Waals surface area contributed by atoms with Gasteiger partial charge < -0.3 is 10.6 Å². The molecule has 1 fully saturated rings. The third kappa shape index (κ3) is 3.87. The Morgan fingerprint density at radius 2 is 1.86 bits per heavy atom. The van der Waals surface area contributed by atoms with E-state index in [9.17, 15) is 18.0 Å². The Labute approximate surface area is 119 Å². The van der Waals surface area contributed by atoms with Crippen molar-refractivity contribution >= 4 is 17.4 Å². The number of primary amides is 1. The number of para-hydroxylation sites is 1. The Balaban J connectivity index is 2.04. The second-order valence-corrected chi connectivity index (χ2v) is 4.66. The van der Waals surface area contributed by atoms with Crippen molar-refractivity contribution in [1.82, 2.24) is 4.90 Å². The minimum Gasteiger partial charge on any atom is -0.351 e. The Kier molecular flexibility index (Phi) is 4.35. The first-order valence-corrected chi connectivity index (χ1v) is 6.40. The topological polar surface area (TPSA) is 70.7 Å². The molecule has 0 aliphatic carbocycles. The number of benzene rings is 1. The van der Waals surface area contributed by atoms with E-state index in [4.69, 9.17) is 5.73 Å². The Bertz CT molecular complexity index is 547. The van der Waals surface area contributed by atoms with E-state index in [2.05, 4.69) is 10.5 Å². The molecule has 0 bridgehead atoms. The molecular weight excluding hydrogens is 285 g/mol. The van der Waals surface area contributed by atoms with Gasteiger partial charge in [-0.1, -0.05) is 12.1 Å². The fourth-order valence-electron chi connectivity index (χ4n) is 2.06. The van der Waals surface area contributed by atoms with E-state index in [0.29, 0.717) is 31.6 Å². The molecule has 0 unspecified atom stereocenters. The van der Waals surface area contributed by atoms with Crippen LogP contribution in [0.4, 0.5) is 23.7 Å². The van der Waals surface area contributed by atoms with Gasteiger partial charge in [0.25, 0.3) is 0 Å². The molecule has 1 aromatic carbocycles. The number of hydrazone groups is 1. The number of piperidine rings is 1. The molecule has 0 saturated carbocycles. The normalized spacial score (nSPS) is 15.8. The van der Waals surface area contributed by atoms with Gasteiger partial charge in [0.05, 0.1) is 11.3 Å². The predicted molar refractivity (Wildman–Crippen MR) is 72.9 cm³/mol. The molecule has 114 valence electrons. The summed E-state index contributed by atoms with van der Waals surface area (Å²) in [5.74, 6) is 0. The fraction of sp³-hybridized carbons (Fsp3) is 0.385. The molecule has 2 amide bonds. The summed E-state index contributed by atoms with van der Waals surface area (Å²) in [6, 6.07) is 4.66. The number of hydrogen-bond donors (Lipinski definition) is 2. The van der Waals surface area contributed by atoms with Gasteiger partial charge in [-0.25, -0.2) is 4.79 Å². The lowest BCUT2D eigenvalue weighted by molar-refractivity contribution is -0.136. The van der Waals surface area contributed by atoms with Crippen LogP contribution in [0, 0.1) is 0 Å². The van der Waals surface area contributed by atoms with Crippen molar-refractivity contribution in [3.8, 4) is 0 Å². The third-order valence-electron chi connectivity index (χ3n) is 3.22. The average molecular weight is 300 g/mol. The molecule has 3 N–H and O–H groups in total. The fourth-order valence-corrected chi connectivity index (χ4v) is 2.06. The van der Waals surface area contributed by atoms with Crippen molar-refractivity contribution < 1.29 is 18.0 Å². The Morgan fingerprint density at radius 1 is 1.24 bits per heavy atom. The minimum atomic E-state index is -4.43. The van der Waals surface area contributed by atoms with Crippen LogP contribution in [0.2, 0.25) is 0 Å². The van der Waals surface area contributed by atoms with E-state index in [0.717, 1.165) is 6.07 Å². The SMILES string of the molecule is NC(=O)N1CCC(=NNc2ccccc2C(F)(F)F)CC1. The summed E-state index contributed by atoms with van der Waals surface area (Å²) in [5.41, 5.74) is 7.48. The van der Waals surface area contributed by atoms with Crippen LogP contribution < -0.4 is 11.2 Å². The van der Waals surface area contributed by atoms with E-state index in [-0.39, 0.29) is 5.69 Å². The number of carbonyl (C=O) groups is 1. The largest absolute Gasteiger partial charge is 0.418 e. The number of rotatable bonds is 2. The smallest absolute Gasteiger partial charge is 0.351 e. The number of alkyl halides is 3. The first-order valence-electron chi connectivity index (χ1n) is 6.40. The maximum absolute atomic E-state index is 12.8. The van der Waals surface area contributed by atoms with Gasteiger partial charge in [-0.2, -0.15) is 18.3 Å². The number of hydrogen-bond acceptors (Lipinski definition) is 3. The zero-order valence-electron chi connectivity index (χ0n) is 11.2. The molecule has 1 aliphatic rings. The number of likely N-dealkylation sites (tertiary alicyclic amines) is 1. The van der Waals surface area contributed by atoms with Gasteiger partial charge >= 0.3 is 12.2 Å². The van der Waals surface area contributed by atoms with Gasteiger partial charge in [-0.3, -0.25) is 5.43 Å². The summed E-state index contributed by atoms with van der Waals surface area (Å²) >= 11 is 0.